The molecule has 0 saturated carbocycles. The molecule has 3 nitrogen and oxygen atoms in total. The van der Waals surface area contributed by atoms with E-state index >= 15 is 0 Å². The number of benzene rings is 2. The molecule has 1 aliphatic carbocycles. The monoisotopic (exact) mass is 323 g/mol. The number of hydrogen-bond donors (Lipinski definition) is 2. The molecule has 118 valence electrons. The maximum Gasteiger partial charge on any atom is 0.187 e. The summed E-state index contributed by atoms with van der Waals surface area (Å²) in [4.78, 5) is 0. The highest BCUT2D eigenvalue weighted by Crippen LogP contribution is 2.20. The predicted octanol–water partition coefficient (Wildman–Crippen LogP) is 3.78. The van der Waals surface area contributed by atoms with Gasteiger partial charge in [0.25, 0.3) is 0 Å². The molecule has 0 saturated heterocycles. The molecule has 0 radical (unpaired) electrons. The SMILES string of the molecule is S=C(NCc1ccccc1)N/N=C1\CCCCc2ccccc21. The molecule has 0 unspecified atom stereocenters. The van der Waals surface area contributed by atoms with Gasteiger partial charge in [-0.15, -0.1) is 0 Å². The lowest BCUT2D eigenvalue weighted by molar-refractivity contribution is 0.773. The van der Waals surface area contributed by atoms with Crippen molar-refractivity contribution in [2.24, 2.45) is 5.10 Å². The Morgan fingerprint density at radius 2 is 1.70 bits per heavy atom. The first-order valence-electron chi connectivity index (χ1n) is 8.05. The van der Waals surface area contributed by atoms with E-state index in [4.69, 9.17) is 12.2 Å². The van der Waals surface area contributed by atoms with E-state index in [0.29, 0.717) is 11.7 Å². The summed E-state index contributed by atoms with van der Waals surface area (Å²) in [5, 5.41) is 8.31. The van der Waals surface area contributed by atoms with Crippen LogP contribution in [0.5, 0.6) is 0 Å². The van der Waals surface area contributed by atoms with Crippen LogP contribution in [0, 0.1) is 0 Å². The van der Waals surface area contributed by atoms with Crippen LogP contribution < -0.4 is 10.7 Å². The van der Waals surface area contributed by atoms with Crippen molar-refractivity contribution in [3.63, 3.8) is 0 Å². The van der Waals surface area contributed by atoms with Gasteiger partial charge in [0.2, 0.25) is 0 Å². The number of fused-ring (bicyclic) bond motifs is 1. The molecule has 0 aliphatic heterocycles. The van der Waals surface area contributed by atoms with E-state index in [9.17, 15) is 0 Å². The molecule has 0 aromatic heterocycles. The third-order valence-electron chi connectivity index (χ3n) is 4.03. The Bertz CT molecular complexity index is 695. The highest BCUT2D eigenvalue weighted by Gasteiger charge is 2.13. The van der Waals surface area contributed by atoms with E-state index in [1.807, 2.05) is 18.2 Å². The number of nitrogens with one attached hydrogen (secondary N) is 2. The standard InChI is InChI=1S/C19H21N3S/c23-19(20-14-15-8-2-1-3-9-15)22-21-18-13-7-5-11-16-10-4-6-12-17(16)18/h1-4,6,8-10,12H,5,7,11,13-14H2,(H2,20,22,23)/b21-18+. The summed E-state index contributed by atoms with van der Waals surface area (Å²) >= 11 is 5.32. The third kappa shape index (κ3) is 4.39. The molecule has 0 spiro atoms. The van der Waals surface area contributed by atoms with E-state index < -0.39 is 0 Å². The minimum atomic E-state index is 0.558. The average Bonchev–Trinajstić information content (AvgIpc) is 2.81. The van der Waals surface area contributed by atoms with Crippen molar-refractivity contribution in [2.45, 2.75) is 32.2 Å². The fourth-order valence-corrected chi connectivity index (χ4v) is 2.93. The molecule has 1 aliphatic rings. The van der Waals surface area contributed by atoms with Crippen molar-refractivity contribution in [3.05, 3.63) is 71.3 Å². The quantitative estimate of drug-likeness (QED) is 0.513. The molecular formula is C19H21N3S. The fraction of sp³-hybridized carbons (Fsp3) is 0.263. The average molecular weight is 323 g/mol. The zero-order valence-corrected chi connectivity index (χ0v) is 13.9. The summed E-state index contributed by atoms with van der Waals surface area (Å²) in [6.45, 7) is 0.702. The maximum absolute atomic E-state index is 5.32. The number of nitrogens with zero attached hydrogens (tertiary/aromatic N) is 1. The van der Waals surface area contributed by atoms with Gasteiger partial charge < -0.3 is 5.32 Å². The summed E-state index contributed by atoms with van der Waals surface area (Å²) in [5.41, 5.74) is 7.93. The number of aryl methyl sites for hydroxylation is 1. The van der Waals surface area contributed by atoms with Gasteiger partial charge in [-0.3, -0.25) is 5.43 Å². The minimum absolute atomic E-state index is 0.558. The number of hydrazone groups is 1. The summed E-state index contributed by atoms with van der Waals surface area (Å²) in [7, 11) is 0. The molecule has 0 amide bonds. The smallest absolute Gasteiger partial charge is 0.187 e. The Balaban J connectivity index is 1.62. The molecule has 0 bridgehead atoms. The lowest BCUT2D eigenvalue weighted by atomic mass is 10.0. The van der Waals surface area contributed by atoms with Crippen LogP contribution in [0.4, 0.5) is 0 Å². The molecule has 4 heteroatoms. The zero-order chi connectivity index (χ0) is 15.9. The molecule has 2 N–H and O–H groups in total. The van der Waals surface area contributed by atoms with Gasteiger partial charge in [0, 0.05) is 12.1 Å². The molecule has 0 fully saturated rings. The summed E-state index contributed by atoms with van der Waals surface area (Å²) in [5.74, 6) is 0. The van der Waals surface area contributed by atoms with Crippen LogP contribution >= 0.6 is 12.2 Å². The summed E-state index contributed by atoms with van der Waals surface area (Å²) < 4.78 is 0. The predicted molar refractivity (Wildman–Crippen MR) is 99.5 cm³/mol. The summed E-state index contributed by atoms with van der Waals surface area (Å²) in [6.07, 6.45) is 4.50. The summed E-state index contributed by atoms with van der Waals surface area (Å²) in [6, 6.07) is 18.7. The van der Waals surface area contributed by atoms with Crippen LogP contribution in [0.15, 0.2) is 59.7 Å². The van der Waals surface area contributed by atoms with Gasteiger partial charge in [-0.2, -0.15) is 5.10 Å². The Morgan fingerprint density at radius 1 is 0.957 bits per heavy atom. The second-order valence-corrected chi connectivity index (χ2v) is 6.11. The first kappa shape index (κ1) is 15.7. The first-order chi connectivity index (χ1) is 11.3. The van der Waals surface area contributed by atoms with E-state index in [1.54, 1.807) is 0 Å². The van der Waals surface area contributed by atoms with Crippen molar-refractivity contribution < 1.29 is 0 Å². The zero-order valence-electron chi connectivity index (χ0n) is 13.1. The van der Waals surface area contributed by atoms with E-state index in [2.05, 4.69) is 52.2 Å². The Hall–Kier alpha value is -2.20. The second-order valence-electron chi connectivity index (χ2n) is 5.70. The maximum atomic E-state index is 5.32. The van der Waals surface area contributed by atoms with Gasteiger partial charge in [-0.05, 0) is 49.0 Å². The molecule has 0 heterocycles. The van der Waals surface area contributed by atoms with Gasteiger partial charge in [0.05, 0.1) is 5.71 Å². The van der Waals surface area contributed by atoms with Crippen LogP contribution in [0.25, 0.3) is 0 Å². The van der Waals surface area contributed by atoms with Crippen LogP contribution in [-0.4, -0.2) is 10.8 Å². The lowest BCUT2D eigenvalue weighted by Gasteiger charge is -2.10. The lowest BCUT2D eigenvalue weighted by Crippen LogP contribution is -2.32. The normalized spacial score (nSPS) is 15.6. The van der Waals surface area contributed by atoms with Crippen molar-refractivity contribution in [1.82, 2.24) is 10.7 Å². The third-order valence-corrected chi connectivity index (χ3v) is 4.26. The largest absolute Gasteiger partial charge is 0.357 e. The van der Waals surface area contributed by atoms with E-state index in [-0.39, 0.29) is 0 Å². The van der Waals surface area contributed by atoms with Gasteiger partial charge in [-0.1, -0.05) is 54.6 Å². The van der Waals surface area contributed by atoms with Crippen LogP contribution in [0.1, 0.15) is 36.0 Å². The van der Waals surface area contributed by atoms with Crippen molar-refractivity contribution in [2.75, 3.05) is 0 Å². The Kier molecular flexibility index (Phi) is 5.37. The topological polar surface area (TPSA) is 36.4 Å². The first-order valence-corrected chi connectivity index (χ1v) is 8.46. The van der Waals surface area contributed by atoms with Crippen LogP contribution in [-0.2, 0) is 13.0 Å². The van der Waals surface area contributed by atoms with Gasteiger partial charge >= 0.3 is 0 Å². The van der Waals surface area contributed by atoms with Crippen molar-refractivity contribution >= 4 is 23.0 Å². The van der Waals surface area contributed by atoms with Crippen LogP contribution in [0.2, 0.25) is 0 Å². The highest BCUT2D eigenvalue weighted by atomic mass is 32.1. The number of hydrogen-bond acceptors (Lipinski definition) is 2. The Morgan fingerprint density at radius 3 is 2.57 bits per heavy atom. The number of rotatable bonds is 3. The molecular weight excluding hydrogens is 302 g/mol. The van der Waals surface area contributed by atoms with Crippen molar-refractivity contribution in [1.29, 1.82) is 0 Å². The molecule has 3 rings (SSSR count). The van der Waals surface area contributed by atoms with E-state index in [0.717, 1.165) is 18.6 Å². The molecule has 2 aromatic carbocycles. The highest BCUT2D eigenvalue weighted by molar-refractivity contribution is 7.80. The van der Waals surface area contributed by atoms with Gasteiger partial charge in [0.1, 0.15) is 0 Å². The fourth-order valence-electron chi connectivity index (χ4n) is 2.81. The molecule has 2 aromatic rings. The minimum Gasteiger partial charge on any atom is -0.357 e. The van der Waals surface area contributed by atoms with Gasteiger partial charge in [0.15, 0.2) is 5.11 Å². The molecule has 0 atom stereocenters. The van der Waals surface area contributed by atoms with Crippen molar-refractivity contribution in [3.8, 4) is 0 Å². The molecule has 23 heavy (non-hydrogen) atoms. The van der Waals surface area contributed by atoms with Gasteiger partial charge in [-0.25, -0.2) is 0 Å². The Labute approximate surface area is 142 Å². The number of thiocarbonyl (C=S) groups is 1. The van der Waals surface area contributed by atoms with E-state index in [1.165, 1.54) is 29.5 Å². The second kappa shape index (κ2) is 7.88. The van der Waals surface area contributed by atoms with Crippen LogP contribution in [0.3, 0.4) is 0 Å².